The van der Waals surface area contributed by atoms with E-state index in [1.807, 2.05) is 44.2 Å². The minimum absolute atomic E-state index is 0.241. The summed E-state index contributed by atoms with van der Waals surface area (Å²) in [4.78, 5) is 13.4. The van der Waals surface area contributed by atoms with Crippen LogP contribution in [0, 0.1) is 6.92 Å². The number of rotatable bonds is 6. The fourth-order valence-corrected chi connectivity index (χ4v) is 5.42. The zero-order chi connectivity index (χ0) is 22.8. The van der Waals surface area contributed by atoms with E-state index in [2.05, 4.69) is 52.5 Å². The highest BCUT2D eigenvalue weighted by Gasteiger charge is 2.13. The van der Waals surface area contributed by atoms with E-state index in [1.165, 1.54) is 17.4 Å². The van der Waals surface area contributed by atoms with Crippen molar-refractivity contribution in [3.63, 3.8) is 0 Å². The van der Waals surface area contributed by atoms with E-state index in [0.29, 0.717) is 5.75 Å². The van der Waals surface area contributed by atoms with Gasteiger partial charge in [0.25, 0.3) is 0 Å². The number of benzene rings is 2. The minimum Gasteiger partial charge on any atom is -0.495 e. The number of halogens is 2. The highest BCUT2D eigenvalue weighted by molar-refractivity contribution is 9.11. The second-order valence-corrected chi connectivity index (χ2v) is 9.66. The summed E-state index contributed by atoms with van der Waals surface area (Å²) in [5, 5.41) is 16.7. The topological polar surface area (TPSA) is 81.4 Å². The largest absolute Gasteiger partial charge is 0.495 e. The maximum atomic E-state index is 12.6. The van der Waals surface area contributed by atoms with E-state index in [9.17, 15) is 4.79 Å². The number of aromatic nitrogens is 4. The third-order valence-corrected chi connectivity index (χ3v) is 6.76. The number of hydrogen-bond acceptors (Lipinski definition) is 6. The van der Waals surface area contributed by atoms with Gasteiger partial charge in [0.15, 0.2) is 5.82 Å². The van der Waals surface area contributed by atoms with Crippen LogP contribution >= 0.6 is 43.2 Å². The zero-order valence-corrected chi connectivity index (χ0v) is 21.5. The Balaban J connectivity index is 1.57. The molecule has 0 aliphatic heterocycles. The van der Waals surface area contributed by atoms with Crippen LogP contribution in [0.3, 0.4) is 0 Å². The monoisotopic (exact) mass is 575 g/mol. The lowest BCUT2D eigenvalue weighted by molar-refractivity contribution is -0.111. The maximum Gasteiger partial charge on any atom is 0.248 e. The molecule has 4 rings (SSSR count). The molecule has 2 aromatic carbocycles. The molecule has 2 heterocycles. The van der Waals surface area contributed by atoms with Gasteiger partial charge in [-0.05, 0) is 52.7 Å². The van der Waals surface area contributed by atoms with Crippen molar-refractivity contribution < 1.29 is 9.53 Å². The number of amides is 1. The lowest BCUT2D eigenvalue weighted by Gasteiger charge is -2.09. The Bertz CT molecular complexity index is 1350. The number of carbonyl (C=O) groups is 1. The van der Waals surface area contributed by atoms with Crippen LogP contribution in [0.25, 0.3) is 21.6 Å². The number of methoxy groups -OCH3 is 1. The summed E-state index contributed by atoms with van der Waals surface area (Å²) in [5.74, 6) is 1.24. The Morgan fingerprint density at radius 3 is 2.81 bits per heavy atom. The molecule has 164 valence electrons. The van der Waals surface area contributed by atoms with Gasteiger partial charge in [-0.3, -0.25) is 4.79 Å². The predicted octanol–water partition coefficient (Wildman–Crippen LogP) is 5.91. The summed E-state index contributed by atoms with van der Waals surface area (Å²) in [7, 11) is 1.59. The van der Waals surface area contributed by atoms with E-state index in [0.717, 1.165) is 53.5 Å². The van der Waals surface area contributed by atoms with Crippen LogP contribution in [0.1, 0.15) is 23.9 Å². The number of fused-ring (bicyclic) bond motifs is 1. The normalized spacial score (nSPS) is 11.4. The molecule has 0 unspecified atom stereocenters. The van der Waals surface area contributed by atoms with Gasteiger partial charge in [0.1, 0.15) is 10.8 Å². The Kier molecular flexibility index (Phi) is 6.73. The summed E-state index contributed by atoms with van der Waals surface area (Å²) in [6.45, 7) is 3.97. The molecule has 1 amide bonds. The van der Waals surface area contributed by atoms with Crippen LogP contribution in [0.15, 0.2) is 45.4 Å². The van der Waals surface area contributed by atoms with Gasteiger partial charge >= 0.3 is 0 Å². The van der Waals surface area contributed by atoms with E-state index < -0.39 is 0 Å². The molecule has 32 heavy (non-hydrogen) atoms. The zero-order valence-electron chi connectivity index (χ0n) is 17.5. The summed E-state index contributed by atoms with van der Waals surface area (Å²) < 4.78 is 8.88. The summed E-state index contributed by atoms with van der Waals surface area (Å²) >= 11 is 8.40. The molecule has 0 aliphatic carbocycles. The molecule has 4 aromatic rings. The Labute approximate surface area is 205 Å². The fraction of sp³-hybridized carbons (Fsp3) is 0.182. The SMILES string of the molecule is CCc1nnc2sc(-c3ccc(C)c(NC(=O)/C=C/c4cc(Br)cc(Br)c4OC)c3)nn12. The summed E-state index contributed by atoms with van der Waals surface area (Å²) in [5.41, 5.74) is 3.36. The van der Waals surface area contributed by atoms with Gasteiger partial charge in [-0.25, -0.2) is 0 Å². The molecular weight excluding hydrogens is 558 g/mol. The first-order valence-corrected chi connectivity index (χ1v) is 12.1. The number of carbonyl (C=O) groups excluding carboxylic acids is 1. The second kappa shape index (κ2) is 9.51. The number of ether oxygens (including phenoxy) is 1. The number of nitrogens with zero attached hydrogens (tertiary/aromatic N) is 4. The molecule has 10 heteroatoms. The summed E-state index contributed by atoms with van der Waals surface area (Å²) in [6.07, 6.45) is 3.96. The molecular formula is C22H19Br2N5O2S. The highest BCUT2D eigenvalue weighted by Crippen LogP contribution is 2.33. The fourth-order valence-electron chi connectivity index (χ4n) is 3.14. The predicted molar refractivity (Wildman–Crippen MR) is 134 cm³/mol. The van der Waals surface area contributed by atoms with Gasteiger partial charge < -0.3 is 10.1 Å². The van der Waals surface area contributed by atoms with E-state index in [-0.39, 0.29) is 5.91 Å². The lowest BCUT2D eigenvalue weighted by atomic mass is 10.1. The number of aryl methyl sites for hydroxylation is 2. The van der Waals surface area contributed by atoms with Crippen molar-refractivity contribution in [2.45, 2.75) is 20.3 Å². The quantitative estimate of drug-likeness (QED) is 0.289. The smallest absolute Gasteiger partial charge is 0.248 e. The number of anilines is 1. The van der Waals surface area contributed by atoms with Gasteiger partial charge in [-0.15, -0.1) is 10.2 Å². The minimum atomic E-state index is -0.241. The molecule has 0 saturated heterocycles. The molecule has 2 aromatic heterocycles. The molecule has 0 saturated carbocycles. The number of nitrogens with one attached hydrogen (secondary N) is 1. The molecule has 0 atom stereocenters. The average molecular weight is 577 g/mol. The van der Waals surface area contributed by atoms with Crippen molar-refractivity contribution in [1.82, 2.24) is 19.8 Å². The maximum absolute atomic E-state index is 12.6. The number of hydrogen-bond donors (Lipinski definition) is 1. The highest BCUT2D eigenvalue weighted by atomic mass is 79.9. The van der Waals surface area contributed by atoms with Crippen LogP contribution in [-0.2, 0) is 11.2 Å². The van der Waals surface area contributed by atoms with E-state index >= 15 is 0 Å². The standard InChI is InChI=1S/C22H19Br2N5O2S/c1-4-18-26-27-22-29(18)28-21(32-22)14-6-5-12(2)17(10-14)25-19(30)8-7-13-9-15(23)11-16(24)20(13)31-3/h5-11H,4H2,1-3H3,(H,25,30)/b8-7+. The molecule has 0 aliphatic rings. The third kappa shape index (κ3) is 4.62. The first-order chi connectivity index (χ1) is 15.4. The average Bonchev–Trinajstić information content (AvgIpc) is 3.34. The molecule has 0 bridgehead atoms. The van der Waals surface area contributed by atoms with Crippen molar-refractivity contribution >= 4 is 65.8 Å². The van der Waals surface area contributed by atoms with Crippen molar-refractivity contribution in [3.05, 3.63) is 62.3 Å². The van der Waals surface area contributed by atoms with Gasteiger partial charge in [0.05, 0.1) is 11.6 Å². The Morgan fingerprint density at radius 2 is 2.06 bits per heavy atom. The van der Waals surface area contributed by atoms with Crippen LogP contribution in [0.5, 0.6) is 5.75 Å². The molecule has 7 nitrogen and oxygen atoms in total. The van der Waals surface area contributed by atoms with Crippen molar-refractivity contribution in [1.29, 1.82) is 0 Å². The van der Waals surface area contributed by atoms with Crippen LogP contribution in [-0.4, -0.2) is 32.8 Å². The molecule has 1 N–H and O–H groups in total. The van der Waals surface area contributed by atoms with Crippen molar-refractivity contribution in [2.75, 3.05) is 12.4 Å². The first kappa shape index (κ1) is 22.6. The van der Waals surface area contributed by atoms with E-state index in [1.54, 1.807) is 17.7 Å². The van der Waals surface area contributed by atoms with Gasteiger partial charge in [-0.1, -0.05) is 46.3 Å². The Hall–Kier alpha value is -2.56. The van der Waals surface area contributed by atoms with Crippen LogP contribution in [0.2, 0.25) is 0 Å². The van der Waals surface area contributed by atoms with Crippen molar-refractivity contribution in [2.24, 2.45) is 0 Å². The second-order valence-electron chi connectivity index (χ2n) is 6.93. The van der Waals surface area contributed by atoms with Gasteiger partial charge in [0.2, 0.25) is 10.9 Å². The van der Waals surface area contributed by atoms with E-state index in [4.69, 9.17) is 4.74 Å². The van der Waals surface area contributed by atoms with Gasteiger partial charge in [-0.2, -0.15) is 9.61 Å². The molecule has 0 radical (unpaired) electrons. The summed E-state index contributed by atoms with van der Waals surface area (Å²) in [6, 6.07) is 9.65. The first-order valence-electron chi connectivity index (χ1n) is 9.73. The van der Waals surface area contributed by atoms with Crippen LogP contribution in [0.4, 0.5) is 5.69 Å². The molecule has 0 spiro atoms. The van der Waals surface area contributed by atoms with Crippen LogP contribution < -0.4 is 10.1 Å². The molecule has 0 fully saturated rings. The van der Waals surface area contributed by atoms with Gasteiger partial charge in [0, 0.05) is 33.8 Å². The van der Waals surface area contributed by atoms with Crippen molar-refractivity contribution in [3.8, 4) is 16.3 Å². The lowest BCUT2D eigenvalue weighted by Crippen LogP contribution is -2.09. The Morgan fingerprint density at radius 1 is 1.25 bits per heavy atom. The third-order valence-electron chi connectivity index (χ3n) is 4.77.